The van der Waals surface area contributed by atoms with Gasteiger partial charge in [0.15, 0.2) is 0 Å². The van der Waals surface area contributed by atoms with Gasteiger partial charge in [-0.2, -0.15) is 5.10 Å². The number of rotatable bonds is 5. The number of nitrogens with zero attached hydrogens (tertiary/aromatic N) is 4. The third-order valence-electron chi connectivity index (χ3n) is 5.89. The number of piperidine rings is 1. The predicted molar refractivity (Wildman–Crippen MR) is 127 cm³/mol. The van der Waals surface area contributed by atoms with Gasteiger partial charge in [0.1, 0.15) is 23.1 Å². The van der Waals surface area contributed by atoms with Gasteiger partial charge in [-0.05, 0) is 55.8 Å². The first-order chi connectivity index (χ1) is 16.2. The summed E-state index contributed by atoms with van der Waals surface area (Å²) in [5, 5.41) is 12.0. The van der Waals surface area contributed by atoms with Gasteiger partial charge >= 0.3 is 0 Å². The first-order valence-electron chi connectivity index (χ1n) is 10.9. The molecule has 1 fully saturated rings. The third kappa shape index (κ3) is 3.98. The fraction of sp³-hybridized carbons (Fsp3) is 0.250. The molecule has 9 heteroatoms. The lowest BCUT2D eigenvalue weighted by molar-refractivity contribution is 0.102. The molecule has 1 unspecified atom stereocenters. The van der Waals surface area contributed by atoms with Crippen LogP contribution in [0.3, 0.4) is 0 Å². The number of benzene rings is 1. The predicted octanol–water partition coefficient (Wildman–Crippen LogP) is 3.26. The van der Waals surface area contributed by atoms with Gasteiger partial charge < -0.3 is 21.1 Å². The van der Waals surface area contributed by atoms with E-state index in [1.54, 1.807) is 43.8 Å². The van der Waals surface area contributed by atoms with Gasteiger partial charge in [0.2, 0.25) is 0 Å². The van der Waals surface area contributed by atoms with Crippen LogP contribution in [0.2, 0.25) is 0 Å². The van der Waals surface area contributed by atoms with Crippen LogP contribution in [-0.4, -0.2) is 45.9 Å². The topological polar surface area (TPSA) is 120 Å². The first kappa shape index (κ1) is 20.9. The lowest BCUT2D eigenvalue weighted by atomic mass is 10.0. The number of carbonyl (C=O) groups is 1. The number of methoxy groups -OCH3 is 1. The van der Waals surface area contributed by atoms with Crippen LogP contribution in [0.1, 0.15) is 29.2 Å². The normalized spacial score (nSPS) is 16.0. The fourth-order valence-electron chi connectivity index (χ4n) is 4.27. The van der Waals surface area contributed by atoms with Crippen molar-refractivity contribution in [1.82, 2.24) is 25.1 Å². The van der Waals surface area contributed by atoms with Crippen LogP contribution >= 0.6 is 0 Å². The molecule has 9 nitrogen and oxygen atoms in total. The Kier molecular flexibility index (Phi) is 5.62. The molecule has 0 aliphatic carbocycles. The lowest BCUT2D eigenvalue weighted by Crippen LogP contribution is -2.32. The van der Waals surface area contributed by atoms with Crippen molar-refractivity contribution in [2.75, 3.05) is 31.2 Å². The second-order valence-corrected chi connectivity index (χ2v) is 7.97. The molecule has 1 aromatic carbocycles. The van der Waals surface area contributed by atoms with E-state index < -0.39 is 0 Å². The maximum atomic E-state index is 12.7. The number of anilines is 2. The highest BCUT2D eigenvalue weighted by atomic mass is 16.5. The summed E-state index contributed by atoms with van der Waals surface area (Å²) in [6, 6.07) is 12.8. The highest BCUT2D eigenvalue weighted by Crippen LogP contribution is 2.38. The second kappa shape index (κ2) is 8.87. The molecule has 3 aromatic heterocycles. The largest absolute Gasteiger partial charge is 0.496 e. The summed E-state index contributed by atoms with van der Waals surface area (Å²) in [6.07, 6.45) is 5.46. The molecule has 4 heterocycles. The zero-order valence-electron chi connectivity index (χ0n) is 18.3. The molecule has 4 N–H and O–H groups in total. The zero-order valence-corrected chi connectivity index (χ0v) is 18.3. The number of hydrogen-bond donors (Lipinski definition) is 3. The molecule has 33 heavy (non-hydrogen) atoms. The van der Waals surface area contributed by atoms with E-state index >= 15 is 0 Å². The third-order valence-corrected chi connectivity index (χ3v) is 5.89. The molecule has 5 rings (SSSR count). The van der Waals surface area contributed by atoms with Gasteiger partial charge in [-0.1, -0.05) is 6.07 Å². The molecule has 0 bridgehead atoms. The summed E-state index contributed by atoms with van der Waals surface area (Å²) < 4.78 is 7.70. The Morgan fingerprint density at radius 2 is 2.12 bits per heavy atom. The van der Waals surface area contributed by atoms with Crippen LogP contribution < -0.4 is 21.1 Å². The summed E-state index contributed by atoms with van der Waals surface area (Å²) in [5.41, 5.74) is 9.13. The molecule has 4 aromatic rings. The molecular weight excluding hydrogens is 418 g/mol. The maximum Gasteiger partial charge on any atom is 0.256 e. The van der Waals surface area contributed by atoms with Gasteiger partial charge in [0.05, 0.1) is 24.1 Å². The summed E-state index contributed by atoms with van der Waals surface area (Å²) in [4.78, 5) is 21.2. The van der Waals surface area contributed by atoms with Crippen molar-refractivity contribution in [2.45, 2.75) is 18.9 Å². The molecule has 1 atom stereocenters. The molecule has 1 aliphatic heterocycles. The van der Waals surface area contributed by atoms with Crippen LogP contribution in [0.15, 0.2) is 54.9 Å². The fourth-order valence-corrected chi connectivity index (χ4v) is 4.27. The number of nitrogens with two attached hydrogens (primary N) is 1. The minimum atomic E-state index is -0.275. The van der Waals surface area contributed by atoms with Crippen LogP contribution in [0.4, 0.5) is 11.6 Å². The average molecular weight is 444 g/mol. The van der Waals surface area contributed by atoms with Crippen molar-refractivity contribution in [3.63, 3.8) is 0 Å². The molecular formula is C24H25N7O2. The lowest BCUT2D eigenvalue weighted by Gasteiger charge is -2.23. The summed E-state index contributed by atoms with van der Waals surface area (Å²) in [5.74, 6) is 1.15. The van der Waals surface area contributed by atoms with Gasteiger partial charge in [0, 0.05) is 30.1 Å². The highest BCUT2D eigenvalue weighted by molar-refractivity contribution is 6.06. The van der Waals surface area contributed by atoms with Crippen molar-refractivity contribution in [1.29, 1.82) is 0 Å². The Labute approximate surface area is 191 Å². The average Bonchev–Trinajstić information content (AvgIpc) is 3.25. The Morgan fingerprint density at radius 1 is 1.21 bits per heavy atom. The van der Waals surface area contributed by atoms with Gasteiger partial charge in [-0.3, -0.25) is 9.48 Å². The highest BCUT2D eigenvalue weighted by Gasteiger charge is 2.24. The van der Waals surface area contributed by atoms with Crippen molar-refractivity contribution in [3.05, 3.63) is 60.4 Å². The molecule has 0 radical (unpaired) electrons. The Bertz CT molecular complexity index is 1300. The van der Waals surface area contributed by atoms with Crippen molar-refractivity contribution >= 4 is 28.4 Å². The number of amides is 1. The quantitative estimate of drug-likeness (QED) is 0.433. The number of pyridine rings is 2. The number of nitrogens with one attached hydrogen (secondary N) is 2. The number of carbonyl (C=O) groups excluding carboxylic acids is 1. The number of hydrogen-bond acceptors (Lipinski definition) is 7. The zero-order chi connectivity index (χ0) is 22.8. The van der Waals surface area contributed by atoms with E-state index in [0.717, 1.165) is 42.4 Å². The molecule has 168 valence electrons. The molecule has 0 saturated carbocycles. The molecule has 1 saturated heterocycles. The molecule has 1 amide bonds. The van der Waals surface area contributed by atoms with Crippen LogP contribution in [0, 0.1) is 0 Å². The first-order valence-corrected chi connectivity index (χ1v) is 10.9. The maximum absolute atomic E-state index is 12.7. The van der Waals surface area contributed by atoms with Gasteiger partial charge in [0.25, 0.3) is 5.91 Å². The monoisotopic (exact) mass is 443 g/mol. The van der Waals surface area contributed by atoms with Crippen molar-refractivity contribution in [3.8, 4) is 17.0 Å². The van der Waals surface area contributed by atoms with Crippen LogP contribution in [0.25, 0.3) is 22.2 Å². The number of fused-ring (bicyclic) bond motifs is 1. The summed E-state index contributed by atoms with van der Waals surface area (Å²) >= 11 is 0. The van der Waals surface area contributed by atoms with Gasteiger partial charge in [-0.25, -0.2) is 9.97 Å². The van der Waals surface area contributed by atoms with Gasteiger partial charge in [-0.15, -0.1) is 0 Å². The van der Waals surface area contributed by atoms with E-state index in [0.29, 0.717) is 28.6 Å². The van der Waals surface area contributed by atoms with E-state index in [-0.39, 0.29) is 11.9 Å². The molecule has 1 aliphatic rings. The Balaban J connectivity index is 1.56. The Morgan fingerprint density at radius 3 is 2.88 bits per heavy atom. The van der Waals surface area contributed by atoms with E-state index in [4.69, 9.17) is 15.6 Å². The standard InChI is InChI=1S/C24H25N7O2/c1-33-19-13-15(24(32)29-20-6-2-3-11-27-20)7-8-17(19)22-21-18(9-12-28-23(21)25)31(30-22)16-5-4-10-26-14-16/h2-3,6-9,11-13,16,26H,4-5,10,14H2,1H3,(H2,25,28)(H,27,29,32). The van der Waals surface area contributed by atoms with Crippen LogP contribution in [0.5, 0.6) is 5.75 Å². The van der Waals surface area contributed by atoms with E-state index in [1.165, 1.54) is 0 Å². The smallest absolute Gasteiger partial charge is 0.256 e. The minimum Gasteiger partial charge on any atom is -0.496 e. The summed E-state index contributed by atoms with van der Waals surface area (Å²) in [6.45, 7) is 1.87. The number of ether oxygens (including phenoxy) is 1. The van der Waals surface area contributed by atoms with Crippen LogP contribution in [-0.2, 0) is 0 Å². The van der Waals surface area contributed by atoms with E-state index in [9.17, 15) is 4.79 Å². The number of nitrogen functional groups attached to an aromatic ring is 1. The Hall–Kier alpha value is -3.98. The second-order valence-electron chi connectivity index (χ2n) is 7.97. The SMILES string of the molecule is COc1cc(C(=O)Nc2ccccn2)ccc1-c1nn(C2CCCNC2)c2ccnc(N)c12. The van der Waals surface area contributed by atoms with E-state index in [1.807, 2.05) is 22.9 Å². The minimum absolute atomic E-state index is 0.228. The van der Waals surface area contributed by atoms with Crippen molar-refractivity contribution in [2.24, 2.45) is 0 Å². The molecule has 0 spiro atoms. The number of aromatic nitrogens is 4. The summed E-state index contributed by atoms with van der Waals surface area (Å²) in [7, 11) is 1.57. The van der Waals surface area contributed by atoms with E-state index in [2.05, 4.69) is 20.6 Å². The van der Waals surface area contributed by atoms with Crippen molar-refractivity contribution < 1.29 is 9.53 Å².